The molecule has 3 aliphatic rings. The third kappa shape index (κ3) is 3.83. The molecule has 0 saturated carbocycles. The van der Waals surface area contributed by atoms with Crippen molar-refractivity contribution >= 4 is 27.4 Å². The number of thiophene rings is 1. The third-order valence-electron chi connectivity index (χ3n) is 6.80. The lowest BCUT2D eigenvalue weighted by Crippen LogP contribution is -2.38. The first-order valence-electron chi connectivity index (χ1n) is 11.5. The summed E-state index contributed by atoms with van der Waals surface area (Å²) in [4.78, 5) is 19.4. The van der Waals surface area contributed by atoms with E-state index in [0.29, 0.717) is 12.0 Å². The Labute approximate surface area is 186 Å². The second kappa shape index (κ2) is 8.45. The standard InChI is InChI=1S/C24H28N4O2S/c1-4-19-20(5-1)31-24-21(19)23(26-22(27-24)17-3-2-9-25-13-17)28-10-6-18(7-11-28)30-15-16-8-12-29-14-16/h2-3,9,13,16,18H,1,4-8,10-12,14-15H2. The monoisotopic (exact) mass is 436 g/mol. The highest BCUT2D eigenvalue weighted by molar-refractivity contribution is 7.19. The van der Waals surface area contributed by atoms with E-state index in [1.54, 1.807) is 6.20 Å². The van der Waals surface area contributed by atoms with Crippen LogP contribution in [0.3, 0.4) is 0 Å². The van der Waals surface area contributed by atoms with Crippen molar-refractivity contribution in [2.24, 2.45) is 5.92 Å². The topological polar surface area (TPSA) is 60.4 Å². The second-order valence-electron chi connectivity index (χ2n) is 8.90. The summed E-state index contributed by atoms with van der Waals surface area (Å²) in [5.41, 5.74) is 2.48. The number of fused-ring (bicyclic) bond motifs is 3. The van der Waals surface area contributed by atoms with Crippen LogP contribution in [0.5, 0.6) is 0 Å². The molecule has 162 valence electrons. The van der Waals surface area contributed by atoms with Crippen molar-refractivity contribution in [3.63, 3.8) is 0 Å². The Morgan fingerprint density at radius 2 is 2.10 bits per heavy atom. The van der Waals surface area contributed by atoms with Crippen molar-refractivity contribution in [2.45, 2.75) is 44.6 Å². The van der Waals surface area contributed by atoms with Crippen LogP contribution in [0.4, 0.5) is 5.82 Å². The summed E-state index contributed by atoms with van der Waals surface area (Å²) in [7, 11) is 0. The molecule has 0 spiro atoms. The molecule has 2 fully saturated rings. The Kier molecular flexibility index (Phi) is 5.34. The maximum atomic E-state index is 6.24. The van der Waals surface area contributed by atoms with E-state index in [2.05, 4.69) is 9.88 Å². The number of nitrogens with zero attached hydrogens (tertiary/aromatic N) is 4. The highest BCUT2D eigenvalue weighted by Gasteiger charge is 2.28. The summed E-state index contributed by atoms with van der Waals surface area (Å²) in [5.74, 6) is 2.48. The van der Waals surface area contributed by atoms with Gasteiger partial charge in [-0.15, -0.1) is 11.3 Å². The summed E-state index contributed by atoms with van der Waals surface area (Å²) in [6, 6.07) is 4.00. The summed E-state index contributed by atoms with van der Waals surface area (Å²) in [5, 5.41) is 1.30. The Morgan fingerprint density at radius 1 is 1.16 bits per heavy atom. The maximum absolute atomic E-state index is 6.24. The van der Waals surface area contributed by atoms with Gasteiger partial charge in [0.2, 0.25) is 0 Å². The molecular weight excluding hydrogens is 408 g/mol. The molecule has 2 aliphatic heterocycles. The minimum absolute atomic E-state index is 0.347. The Balaban J connectivity index is 1.27. The minimum atomic E-state index is 0.347. The van der Waals surface area contributed by atoms with Gasteiger partial charge in [-0.3, -0.25) is 4.98 Å². The van der Waals surface area contributed by atoms with Gasteiger partial charge in [0.25, 0.3) is 0 Å². The molecule has 0 radical (unpaired) electrons. The van der Waals surface area contributed by atoms with Crippen LogP contribution in [0.15, 0.2) is 24.5 Å². The highest BCUT2D eigenvalue weighted by atomic mass is 32.1. The molecular formula is C24H28N4O2S. The zero-order valence-electron chi connectivity index (χ0n) is 17.8. The Bertz CT molecular complexity index is 1060. The van der Waals surface area contributed by atoms with Gasteiger partial charge in [-0.1, -0.05) is 0 Å². The van der Waals surface area contributed by atoms with Crippen LogP contribution in [0.1, 0.15) is 36.1 Å². The van der Waals surface area contributed by atoms with Gasteiger partial charge in [-0.25, -0.2) is 9.97 Å². The molecule has 1 aliphatic carbocycles. The number of hydrogen-bond acceptors (Lipinski definition) is 7. The largest absolute Gasteiger partial charge is 0.381 e. The van der Waals surface area contributed by atoms with Crippen molar-refractivity contribution in [2.75, 3.05) is 37.8 Å². The molecule has 31 heavy (non-hydrogen) atoms. The summed E-state index contributed by atoms with van der Waals surface area (Å²) < 4.78 is 11.7. The number of hydrogen-bond donors (Lipinski definition) is 0. The number of aryl methyl sites for hydroxylation is 2. The molecule has 0 aromatic carbocycles. The maximum Gasteiger partial charge on any atom is 0.164 e. The quantitative estimate of drug-likeness (QED) is 0.595. The van der Waals surface area contributed by atoms with E-state index in [1.165, 1.54) is 28.7 Å². The Morgan fingerprint density at radius 3 is 2.90 bits per heavy atom. The van der Waals surface area contributed by atoms with E-state index in [-0.39, 0.29) is 0 Å². The van der Waals surface area contributed by atoms with Gasteiger partial charge >= 0.3 is 0 Å². The first kappa shape index (κ1) is 19.6. The number of anilines is 1. The highest BCUT2D eigenvalue weighted by Crippen LogP contribution is 2.42. The summed E-state index contributed by atoms with van der Waals surface area (Å²) >= 11 is 1.86. The van der Waals surface area contributed by atoms with Crippen LogP contribution < -0.4 is 4.90 Å². The number of ether oxygens (including phenoxy) is 2. The van der Waals surface area contributed by atoms with Gasteiger partial charge in [0.1, 0.15) is 10.6 Å². The predicted octanol–water partition coefficient (Wildman–Crippen LogP) is 4.26. The lowest BCUT2D eigenvalue weighted by Gasteiger charge is -2.33. The third-order valence-corrected chi connectivity index (χ3v) is 7.98. The molecule has 1 atom stereocenters. The van der Waals surface area contributed by atoms with E-state index in [1.807, 2.05) is 29.7 Å². The number of aromatic nitrogens is 3. The number of piperidine rings is 1. The molecule has 2 saturated heterocycles. The zero-order chi connectivity index (χ0) is 20.6. The molecule has 5 heterocycles. The van der Waals surface area contributed by atoms with Gasteiger partial charge in [0, 0.05) is 48.4 Å². The van der Waals surface area contributed by atoms with E-state index < -0.39 is 0 Å². The molecule has 1 unspecified atom stereocenters. The molecule has 6 nitrogen and oxygen atoms in total. The fraction of sp³-hybridized carbons (Fsp3) is 0.542. The van der Waals surface area contributed by atoms with Crippen LogP contribution in [0.25, 0.3) is 21.6 Å². The first-order chi connectivity index (χ1) is 15.3. The smallest absolute Gasteiger partial charge is 0.164 e. The van der Waals surface area contributed by atoms with Crippen molar-refractivity contribution < 1.29 is 9.47 Å². The van der Waals surface area contributed by atoms with E-state index >= 15 is 0 Å². The molecule has 0 N–H and O–H groups in total. The lowest BCUT2D eigenvalue weighted by atomic mass is 10.1. The summed E-state index contributed by atoms with van der Waals surface area (Å²) in [6.07, 6.45) is 10.8. The van der Waals surface area contributed by atoms with Gasteiger partial charge < -0.3 is 14.4 Å². The van der Waals surface area contributed by atoms with Crippen molar-refractivity contribution in [3.05, 3.63) is 35.0 Å². The van der Waals surface area contributed by atoms with Crippen LogP contribution >= 0.6 is 11.3 Å². The van der Waals surface area contributed by atoms with Gasteiger partial charge in [0.05, 0.1) is 24.7 Å². The Hall–Kier alpha value is -2.09. The molecule has 3 aromatic rings. The minimum Gasteiger partial charge on any atom is -0.381 e. The summed E-state index contributed by atoms with van der Waals surface area (Å²) in [6.45, 7) is 4.55. The van der Waals surface area contributed by atoms with Crippen LogP contribution in [-0.2, 0) is 22.3 Å². The van der Waals surface area contributed by atoms with Gasteiger partial charge in [0.15, 0.2) is 5.82 Å². The number of pyridine rings is 1. The van der Waals surface area contributed by atoms with Crippen LogP contribution in [-0.4, -0.2) is 54.0 Å². The van der Waals surface area contributed by atoms with Gasteiger partial charge in [-0.2, -0.15) is 0 Å². The fourth-order valence-corrected chi connectivity index (χ4v) is 6.31. The molecule has 0 amide bonds. The van der Waals surface area contributed by atoms with E-state index in [9.17, 15) is 0 Å². The molecule has 3 aromatic heterocycles. The SMILES string of the molecule is c1cncc(-c2nc(N3CCC(OCC4CCOC4)CC3)c3c4c(sc3n2)CCC4)c1. The molecule has 7 heteroatoms. The zero-order valence-corrected chi connectivity index (χ0v) is 18.6. The van der Waals surface area contributed by atoms with E-state index in [0.717, 1.165) is 80.6 Å². The average molecular weight is 437 g/mol. The fourth-order valence-electron chi connectivity index (χ4n) is 5.05. The predicted molar refractivity (Wildman–Crippen MR) is 123 cm³/mol. The average Bonchev–Trinajstić information content (AvgIpc) is 3.56. The second-order valence-corrected chi connectivity index (χ2v) is 9.98. The molecule has 0 bridgehead atoms. The van der Waals surface area contributed by atoms with Gasteiger partial charge in [-0.05, 0) is 56.2 Å². The van der Waals surface area contributed by atoms with E-state index in [4.69, 9.17) is 19.4 Å². The first-order valence-corrected chi connectivity index (χ1v) is 12.3. The van der Waals surface area contributed by atoms with Crippen molar-refractivity contribution in [1.29, 1.82) is 0 Å². The van der Waals surface area contributed by atoms with Crippen molar-refractivity contribution in [3.8, 4) is 11.4 Å². The lowest BCUT2D eigenvalue weighted by molar-refractivity contribution is 0.0131. The normalized spacial score (nSPS) is 21.8. The molecule has 6 rings (SSSR count). The van der Waals surface area contributed by atoms with Crippen molar-refractivity contribution in [1.82, 2.24) is 15.0 Å². The van der Waals surface area contributed by atoms with Crippen LogP contribution in [0.2, 0.25) is 0 Å². The number of rotatable bonds is 5. The van der Waals surface area contributed by atoms with Crippen LogP contribution in [0, 0.1) is 5.92 Å².